The van der Waals surface area contributed by atoms with Crippen molar-refractivity contribution >= 4 is 29.3 Å². The molecule has 0 aliphatic carbocycles. The minimum absolute atomic E-state index is 0.0424. The minimum atomic E-state index is -0.904. The highest BCUT2D eigenvalue weighted by atomic mass is 32.2. The number of amides is 1. The fourth-order valence-corrected chi connectivity index (χ4v) is 3.20. The molecule has 0 saturated heterocycles. The molecule has 3 aromatic rings. The van der Waals surface area contributed by atoms with E-state index in [4.69, 9.17) is 5.11 Å². The Labute approximate surface area is 154 Å². The number of carboxylic acids is 1. The first-order chi connectivity index (χ1) is 12.6. The van der Waals surface area contributed by atoms with Gasteiger partial charge >= 0.3 is 5.97 Å². The summed E-state index contributed by atoms with van der Waals surface area (Å²) in [6.07, 6.45) is 2.94. The summed E-state index contributed by atoms with van der Waals surface area (Å²) in [4.78, 5) is 25.1. The van der Waals surface area contributed by atoms with E-state index in [1.54, 1.807) is 18.0 Å². The van der Waals surface area contributed by atoms with Crippen molar-refractivity contribution in [3.63, 3.8) is 0 Å². The van der Waals surface area contributed by atoms with Crippen molar-refractivity contribution in [3.8, 4) is 0 Å². The number of nitrogens with one attached hydrogen (secondary N) is 1. The fraction of sp³-hybridized carbons (Fsp3) is 0.105. The molecule has 0 atom stereocenters. The number of para-hydroxylation sites is 1. The van der Waals surface area contributed by atoms with Crippen LogP contribution in [0.4, 0.5) is 5.69 Å². The van der Waals surface area contributed by atoms with E-state index in [1.165, 1.54) is 10.9 Å². The molecule has 3 rings (SSSR count). The molecular formula is C19H17N3O3S. The summed E-state index contributed by atoms with van der Waals surface area (Å²) in [6, 6.07) is 17.5. The van der Waals surface area contributed by atoms with E-state index in [0.29, 0.717) is 11.3 Å². The van der Waals surface area contributed by atoms with Crippen molar-refractivity contribution in [2.45, 2.75) is 22.8 Å². The second kappa shape index (κ2) is 8.35. The van der Waals surface area contributed by atoms with Crippen LogP contribution >= 0.6 is 11.8 Å². The zero-order valence-electron chi connectivity index (χ0n) is 13.8. The van der Waals surface area contributed by atoms with E-state index in [2.05, 4.69) is 10.4 Å². The molecular weight excluding hydrogens is 350 g/mol. The predicted molar refractivity (Wildman–Crippen MR) is 99.4 cm³/mol. The lowest BCUT2D eigenvalue weighted by Gasteiger charge is -2.10. The molecule has 2 aromatic carbocycles. The number of aliphatic carboxylic acids is 1. The van der Waals surface area contributed by atoms with Gasteiger partial charge in [0.05, 0.1) is 30.4 Å². The van der Waals surface area contributed by atoms with Crippen LogP contribution in [0.15, 0.2) is 76.8 Å². The molecule has 0 spiro atoms. The summed E-state index contributed by atoms with van der Waals surface area (Å²) in [5, 5.41) is 15.6. The molecule has 7 heteroatoms. The largest absolute Gasteiger partial charge is 0.481 e. The molecule has 0 unspecified atom stereocenters. The second-order valence-corrected chi connectivity index (χ2v) is 6.62. The smallest absolute Gasteiger partial charge is 0.305 e. The molecule has 0 aliphatic heterocycles. The zero-order chi connectivity index (χ0) is 18.4. The standard InChI is InChI=1S/C19H17N3O3S/c23-18(24)10-11-22-13-14(12-20-22)19(25)21-16-8-4-5-9-17(16)26-15-6-2-1-3-7-15/h1-9,12-13H,10-11H2,(H,21,25)(H,23,24). The molecule has 26 heavy (non-hydrogen) atoms. The first-order valence-electron chi connectivity index (χ1n) is 7.99. The van der Waals surface area contributed by atoms with Gasteiger partial charge in [-0.25, -0.2) is 0 Å². The van der Waals surface area contributed by atoms with Gasteiger partial charge in [0.1, 0.15) is 0 Å². The molecule has 2 N–H and O–H groups in total. The van der Waals surface area contributed by atoms with Crippen molar-refractivity contribution in [2.75, 3.05) is 5.32 Å². The average molecular weight is 367 g/mol. The highest BCUT2D eigenvalue weighted by Crippen LogP contribution is 2.33. The molecule has 6 nitrogen and oxygen atoms in total. The number of benzene rings is 2. The van der Waals surface area contributed by atoms with Crippen molar-refractivity contribution in [2.24, 2.45) is 0 Å². The van der Waals surface area contributed by atoms with Crippen LogP contribution in [0.5, 0.6) is 0 Å². The highest BCUT2D eigenvalue weighted by Gasteiger charge is 2.12. The summed E-state index contributed by atoms with van der Waals surface area (Å²) < 4.78 is 1.45. The van der Waals surface area contributed by atoms with Crippen LogP contribution in [-0.4, -0.2) is 26.8 Å². The van der Waals surface area contributed by atoms with Gasteiger partial charge in [-0.15, -0.1) is 0 Å². The van der Waals surface area contributed by atoms with Gasteiger partial charge in [-0.2, -0.15) is 5.10 Å². The Morgan fingerprint density at radius 3 is 2.58 bits per heavy atom. The van der Waals surface area contributed by atoms with Gasteiger partial charge in [0.25, 0.3) is 5.91 Å². The normalized spacial score (nSPS) is 10.5. The third-order valence-electron chi connectivity index (χ3n) is 3.56. The first-order valence-corrected chi connectivity index (χ1v) is 8.81. The van der Waals surface area contributed by atoms with Gasteiger partial charge in [-0.05, 0) is 24.3 Å². The number of hydrogen-bond donors (Lipinski definition) is 2. The van der Waals surface area contributed by atoms with Gasteiger partial charge in [0.2, 0.25) is 0 Å². The Morgan fingerprint density at radius 1 is 1.08 bits per heavy atom. The monoisotopic (exact) mass is 367 g/mol. The Morgan fingerprint density at radius 2 is 1.81 bits per heavy atom. The van der Waals surface area contributed by atoms with Gasteiger partial charge in [0.15, 0.2) is 0 Å². The Balaban J connectivity index is 1.71. The van der Waals surface area contributed by atoms with Crippen molar-refractivity contribution in [1.82, 2.24) is 9.78 Å². The lowest BCUT2D eigenvalue weighted by molar-refractivity contribution is -0.137. The molecule has 0 radical (unpaired) electrons. The molecule has 1 amide bonds. The quantitative estimate of drug-likeness (QED) is 0.664. The Bertz CT molecular complexity index is 909. The van der Waals surface area contributed by atoms with Gasteiger partial charge in [-0.1, -0.05) is 42.1 Å². The molecule has 0 saturated carbocycles. The molecule has 0 fully saturated rings. The Kier molecular flexibility index (Phi) is 5.70. The van der Waals surface area contributed by atoms with Crippen LogP contribution < -0.4 is 5.32 Å². The van der Waals surface area contributed by atoms with E-state index < -0.39 is 5.97 Å². The van der Waals surface area contributed by atoms with Crippen molar-refractivity contribution in [3.05, 3.63) is 72.6 Å². The maximum atomic E-state index is 12.5. The maximum Gasteiger partial charge on any atom is 0.305 e. The number of aryl methyl sites for hydroxylation is 1. The summed E-state index contributed by atoms with van der Waals surface area (Å²) >= 11 is 1.57. The van der Waals surface area contributed by atoms with Crippen LogP contribution in [0.3, 0.4) is 0 Å². The third-order valence-corrected chi connectivity index (χ3v) is 4.64. The van der Waals surface area contributed by atoms with Crippen LogP contribution in [0.2, 0.25) is 0 Å². The predicted octanol–water partition coefficient (Wildman–Crippen LogP) is 3.76. The molecule has 1 aromatic heterocycles. The number of nitrogens with zero attached hydrogens (tertiary/aromatic N) is 2. The van der Waals surface area contributed by atoms with E-state index in [-0.39, 0.29) is 18.9 Å². The van der Waals surface area contributed by atoms with Crippen molar-refractivity contribution < 1.29 is 14.7 Å². The van der Waals surface area contributed by atoms with E-state index >= 15 is 0 Å². The Hall–Kier alpha value is -3.06. The third kappa shape index (κ3) is 4.73. The van der Waals surface area contributed by atoms with Crippen LogP contribution in [0.25, 0.3) is 0 Å². The highest BCUT2D eigenvalue weighted by molar-refractivity contribution is 7.99. The van der Waals surface area contributed by atoms with Gasteiger partial charge in [-0.3, -0.25) is 14.3 Å². The van der Waals surface area contributed by atoms with Gasteiger partial charge < -0.3 is 10.4 Å². The number of aromatic nitrogens is 2. The van der Waals surface area contributed by atoms with E-state index in [9.17, 15) is 9.59 Å². The summed E-state index contributed by atoms with van der Waals surface area (Å²) in [5.74, 6) is -1.19. The molecule has 1 heterocycles. The lowest BCUT2D eigenvalue weighted by Crippen LogP contribution is -2.12. The van der Waals surface area contributed by atoms with Crippen molar-refractivity contribution in [1.29, 1.82) is 0 Å². The summed E-state index contributed by atoms with van der Waals surface area (Å²) in [7, 11) is 0. The number of hydrogen-bond acceptors (Lipinski definition) is 4. The van der Waals surface area contributed by atoms with Crippen LogP contribution in [0.1, 0.15) is 16.8 Å². The fourth-order valence-electron chi connectivity index (χ4n) is 2.28. The minimum Gasteiger partial charge on any atom is -0.481 e. The maximum absolute atomic E-state index is 12.5. The average Bonchev–Trinajstić information content (AvgIpc) is 3.12. The molecule has 0 bridgehead atoms. The SMILES string of the molecule is O=C(O)CCn1cc(C(=O)Nc2ccccc2Sc2ccccc2)cn1. The van der Waals surface area contributed by atoms with Crippen LogP contribution in [0, 0.1) is 0 Å². The number of carbonyl (C=O) groups excluding carboxylic acids is 1. The topological polar surface area (TPSA) is 84.2 Å². The second-order valence-electron chi connectivity index (χ2n) is 5.50. The molecule has 0 aliphatic rings. The van der Waals surface area contributed by atoms with E-state index in [0.717, 1.165) is 9.79 Å². The molecule has 132 valence electrons. The van der Waals surface area contributed by atoms with Gasteiger partial charge in [0, 0.05) is 16.0 Å². The number of carboxylic acid groups (broad SMARTS) is 1. The summed E-state index contributed by atoms with van der Waals surface area (Å²) in [6.45, 7) is 0.225. The summed E-state index contributed by atoms with van der Waals surface area (Å²) in [5.41, 5.74) is 1.10. The number of carbonyl (C=O) groups is 2. The number of anilines is 1. The zero-order valence-corrected chi connectivity index (χ0v) is 14.6. The van der Waals surface area contributed by atoms with E-state index in [1.807, 2.05) is 54.6 Å². The number of rotatable bonds is 7. The first kappa shape index (κ1) is 17.8. The van der Waals surface area contributed by atoms with Crippen LogP contribution in [-0.2, 0) is 11.3 Å². The lowest BCUT2D eigenvalue weighted by atomic mass is 10.3.